The third-order valence-corrected chi connectivity index (χ3v) is 2.33. The van der Waals surface area contributed by atoms with Gasteiger partial charge in [0.05, 0.1) is 22.3 Å². The van der Waals surface area contributed by atoms with E-state index in [0.717, 1.165) is 25.1 Å². The molecule has 0 saturated carbocycles. The van der Waals surface area contributed by atoms with E-state index in [9.17, 15) is 0 Å². The second kappa shape index (κ2) is 6.28. The first-order valence-electron chi connectivity index (χ1n) is 4.82. The molecule has 0 spiro atoms. The zero-order chi connectivity index (χ0) is 11.1. The first kappa shape index (κ1) is 11.8. The smallest absolute Gasteiger partial charge is 0.0992 e. The Labute approximate surface area is 94.3 Å². The average Bonchev–Trinajstić information content (AvgIpc) is 2.26. The van der Waals surface area contributed by atoms with Crippen molar-refractivity contribution in [3.8, 4) is 6.07 Å². The predicted molar refractivity (Wildman–Crippen MR) is 61.0 cm³/mol. The molecule has 0 aliphatic carbocycles. The van der Waals surface area contributed by atoms with Gasteiger partial charge in [0.15, 0.2) is 0 Å². The van der Waals surface area contributed by atoms with E-state index in [0.29, 0.717) is 10.6 Å². The van der Waals surface area contributed by atoms with Crippen LogP contribution in [0.5, 0.6) is 0 Å². The van der Waals surface area contributed by atoms with Crippen molar-refractivity contribution in [2.45, 2.75) is 12.8 Å². The van der Waals surface area contributed by atoms with Gasteiger partial charge in [-0.15, -0.1) is 0 Å². The number of rotatable bonds is 5. The van der Waals surface area contributed by atoms with Crippen LogP contribution in [0, 0.1) is 11.3 Å². The Hall–Kier alpha value is -1.24. The van der Waals surface area contributed by atoms with Crippen LogP contribution in [0.1, 0.15) is 18.4 Å². The fourth-order valence-corrected chi connectivity index (χ4v) is 1.37. The number of unbranched alkanes of at least 4 members (excludes halogenated alkanes) is 1. The van der Waals surface area contributed by atoms with Crippen molar-refractivity contribution in [2.75, 3.05) is 18.5 Å². The lowest BCUT2D eigenvalue weighted by Crippen LogP contribution is -2.03. The lowest BCUT2D eigenvalue weighted by molar-refractivity contribution is 0.286. The number of hydrogen-bond donors (Lipinski definition) is 2. The summed E-state index contributed by atoms with van der Waals surface area (Å²) in [6.07, 6.45) is 1.65. The van der Waals surface area contributed by atoms with E-state index in [4.69, 9.17) is 22.0 Å². The third-order valence-electron chi connectivity index (χ3n) is 2.00. The molecule has 0 aromatic heterocycles. The molecule has 0 radical (unpaired) electrons. The minimum Gasteiger partial charge on any atom is -0.396 e. The minimum absolute atomic E-state index is 0.202. The summed E-state index contributed by atoms with van der Waals surface area (Å²) in [6, 6.07) is 7.17. The summed E-state index contributed by atoms with van der Waals surface area (Å²) in [5.74, 6) is 0. The monoisotopic (exact) mass is 224 g/mol. The Morgan fingerprint density at radius 3 is 2.87 bits per heavy atom. The Morgan fingerprint density at radius 2 is 2.20 bits per heavy atom. The molecule has 0 fully saturated rings. The molecule has 80 valence electrons. The number of benzene rings is 1. The Kier molecular flexibility index (Phi) is 4.96. The Bertz CT molecular complexity index is 360. The van der Waals surface area contributed by atoms with Crippen LogP contribution in [0.15, 0.2) is 18.2 Å². The molecule has 0 aliphatic heterocycles. The standard InChI is InChI=1S/C11H13ClN2O/c12-10-4-3-9(8-13)7-11(10)14-5-1-2-6-15/h3-4,7,14-15H,1-2,5-6H2. The van der Waals surface area contributed by atoms with Gasteiger partial charge in [0, 0.05) is 13.2 Å². The fourth-order valence-electron chi connectivity index (χ4n) is 1.19. The maximum atomic E-state index is 8.71. The molecule has 15 heavy (non-hydrogen) atoms. The summed E-state index contributed by atoms with van der Waals surface area (Å²) >= 11 is 5.94. The lowest BCUT2D eigenvalue weighted by atomic mass is 10.2. The van der Waals surface area contributed by atoms with Crippen molar-refractivity contribution in [3.05, 3.63) is 28.8 Å². The predicted octanol–water partition coefficient (Wildman–Crippen LogP) is 2.40. The zero-order valence-corrected chi connectivity index (χ0v) is 9.09. The molecule has 0 aliphatic rings. The number of halogens is 1. The highest BCUT2D eigenvalue weighted by molar-refractivity contribution is 6.33. The van der Waals surface area contributed by atoms with E-state index in [1.165, 1.54) is 0 Å². The number of nitrogens with zero attached hydrogens (tertiary/aromatic N) is 1. The summed E-state index contributed by atoms with van der Waals surface area (Å²) in [4.78, 5) is 0. The van der Waals surface area contributed by atoms with E-state index >= 15 is 0 Å². The molecule has 0 saturated heterocycles. The number of hydrogen-bond acceptors (Lipinski definition) is 3. The maximum absolute atomic E-state index is 8.71. The number of aliphatic hydroxyl groups is 1. The van der Waals surface area contributed by atoms with Gasteiger partial charge in [0.1, 0.15) is 0 Å². The third kappa shape index (κ3) is 3.78. The first-order chi connectivity index (χ1) is 7.27. The number of nitriles is 1. The molecule has 1 aromatic rings. The number of nitrogens with one attached hydrogen (secondary N) is 1. The second-order valence-electron chi connectivity index (χ2n) is 3.16. The van der Waals surface area contributed by atoms with Gasteiger partial charge in [-0.2, -0.15) is 5.26 Å². The van der Waals surface area contributed by atoms with Crippen LogP contribution in [-0.4, -0.2) is 18.3 Å². The highest BCUT2D eigenvalue weighted by Gasteiger charge is 2.00. The molecule has 0 bridgehead atoms. The second-order valence-corrected chi connectivity index (χ2v) is 3.57. The first-order valence-corrected chi connectivity index (χ1v) is 5.20. The van der Waals surface area contributed by atoms with Crippen LogP contribution in [0.4, 0.5) is 5.69 Å². The van der Waals surface area contributed by atoms with Gasteiger partial charge in [0.2, 0.25) is 0 Å². The number of anilines is 1. The van der Waals surface area contributed by atoms with E-state index in [1.807, 2.05) is 0 Å². The lowest BCUT2D eigenvalue weighted by Gasteiger charge is -2.07. The van der Waals surface area contributed by atoms with Crippen molar-refractivity contribution < 1.29 is 5.11 Å². The van der Waals surface area contributed by atoms with Gasteiger partial charge in [-0.3, -0.25) is 0 Å². The van der Waals surface area contributed by atoms with E-state index in [-0.39, 0.29) is 6.61 Å². The van der Waals surface area contributed by atoms with E-state index in [2.05, 4.69) is 11.4 Å². The SMILES string of the molecule is N#Cc1ccc(Cl)c(NCCCCO)c1. The molecule has 0 heterocycles. The normalized spacial score (nSPS) is 9.67. The highest BCUT2D eigenvalue weighted by atomic mass is 35.5. The van der Waals surface area contributed by atoms with Crippen molar-refractivity contribution in [1.29, 1.82) is 5.26 Å². The van der Waals surface area contributed by atoms with E-state index in [1.54, 1.807) is 18.2 Å². The summed E-state index contributed by atoms with van der Waals surface area (Å²) in [6.45, 7) is 0.947. The molecule has 1 rings (SSSR count). The van der Waals surface area contributed by atoms with Crippen LogP contribution in [0.25, 0.3) is 0 Å². The van der Waals surface area contributed by atoms with Gasteiger partial charge >= 0.3 is 0 Å². The molecule has 2 N–H and O–H groups in total. The molecule has 3 nitrogen and oxygen atoms in total. The van der Waals surface area contributed by atoms with Crippen LogP contribution in [-0.2, 0) is 0 Å². The largest absolute Gasteiger partial charge is 0.396 e. The Balaban J connectivity index is 2.56. The molecular weight excluding hydrogens is 212 g/mol. The molecule has 1 aromatic carbocycles. The van der Waals surface area contributed by atoms with Crippen LogP contribution in [0.2, 0.25) is 5.02 Å². The summed E-state index contributed by atoms with van der Waals surface area (Å²) < 4.78 is 0. The van der Waals surface area contributed by atoms with Gasteiger partial charge in [0.25, 0.3) is 0 Å². The van der Waals surface area contributed by atoms with Crippen molar-refractivity contribution >= 4 is 17.3 Å². The van der Waals surface area contributed by atoms with Gasteiger partial charge in [-0.05, 0) is 31.0 Å². The summed E-state index contributed by atoms with van der Waals surface area (Å²) in [5, 5.41) is 21.0. The van der Waals surface area contributed by atoms with Crippen molar-refractivity contribution in [3.63, 3.8) is 0 Å². The van der Waals surface area contributed by atoms with Crippen LogP contribution >= 0.6 is 11.6 Å². The van der Waals surface area contributed by atoms with Crippen LogP contribution < -0.4 is 5.32 Å². The minimum atomic E-state index is 0.202. The van der Waals surface area contributed by atoms with Gasteiger partial charge in [-0.25, -0.2) is 0 Å². The topological polar surface area (TPSA) is 56.0 Å². The molecule has 0 amide bonds. The molecular formula is C11H13ClN2O. The van der Waals surface area contributed by atoms with E-state index < -0.39 is 0 Å². The molecule has 0 atom stereocenters. The average molecular weight is 225 g/mol. The Morgan fingerprint density at radius 1 is 1.40 bits per heavy atom. The van der Waals surface area contributed by atoms with Gasteiger partial charge < -0.3 is 10.4 Å². The van der Waals surface area contributed by atoms with Crippen molar-refractivity contribution in [2.24, 2.45) is 0 Å². The fraction of sp³-hybridized carbons (Fsp3) is 0.364. The summed E-state index contributed by atoms with van der Waals surface area (Å²) in [7, 11) is 0. The molecule has 4 heteroatoms. The number of aliphatic hydroxyl groups excluding tert-OH is 1. The van der Waals surface area contributed by atoms with Gasteiger partial charge in [-0.1, -0.05) is 11.6 Å². The van der Waals surface area contributed by atoms with Crippen LogP contribution in [0.3, 0.4) is 0 Å². The molecule has 0 unspecified atom stereocenters. The zero-order valence-electron chi connectivity index (χ0n) is 8.33. The van der Waals surface area contributed by atoms with Crippen molar-refractivity contribution in [1.82, 2.24) is 0 Å². The maximum Gasteiger partial charge on any atom is 0.0992 e. The summed E-state index contributed by atoms with van der Waals surface area (Å²) in [5.41, 5.74) is 1.36. The highest BCUT2D eigenvalue weighted by Crippen LogP contribution is 2.22. The quantitative estimate of drug-likeness (QED) is 0.756.